The standard InChI is InChI=1S/C8H12N2O2.ClH/c1-6(9)8(11)10-5-7-3-2-4-12-7;/h2-4,6H,5,9H2,1H3,(H,10,11);1H/t6-;/m0./s1. The molecule has 0 aliphatic rings. The predicted octanol–water partition coefficient (Wildman–Crippen LogP) is 0.665. The molecule has 1 amide bonds. The van der Waals surface area contributed by atoms with Gasteiger partial charge in [-0.1, -0.05) is 0 Å². The van der Waals surface area contributed by atoms with Crippen molar-refractivity contribution in [2.24, 2.45) is 5.73 Å². The van der Waals surface area contributed by atoms with Gasteiger partial charge in [-0.15, -0.1) is 12.4 Å². The quantitative estimate of drug-likeness (QED) is 0.760. The van der Waals surface area contributed by atoms with Gasteiger partial charge in [-0.2, -0.15) is 0 Å². The summed E-state index contributed by atoms with van der Waals surface area (Å²) in [5.41, 5.74) is 5.33. The lowest BCUT2D eigenvalue weighted by Gasteiger charge is -2.04. The lowest BCUT2D eigenvalue weighted by atomic mass is 10.3. The number of rotatable bonds is 3. The van der Waals surface area contributed by atoms with Crippen molar-refractivity contribution >= 4 is 18.3 Å². The van der Waals surface area contributed by atoms with E-state index in [0.717, 1.165) is 5.76 Å². The first kappa shape index (κ1) is 12.0. The molecule has 74 valence electrons. The van der Waals surface area contributed by atoms with E-state index in [2.05, 4.69) is 5.32 Å². The Morgan fingerprint density at radius 1 is 1.77 bits per heavy atom. The van der Waals surface area contributed by atoms with Crippen LogP contribution >= 0.6 is 12.4 Å². The van der Waals surface area contributed by atoms with Crippen molar-refractivity contribution in [2.75, 3.05) is 0 Å². The molecule has 0 radical (unpaired) electrons. The normalized spacial score (nSPS) is 11.5. The Morgan fingerprint density at radius 2 is 2.46 bits per heavy atom. The second kappa shape index (κ2) is 5.61. The topological polar surface area (TPSA) is 68.3 Å². The molecule has 0 fully saturated rings. The summed E-state index contributed by atoms with van der Waals surface area (Å²) in [4.78, 5) is 11.0. The SMILES string of the molecule is C[C@H](N)C(=O)NCc1ccco1.Cl. The number of nitrogens with two attached hydrogens (primary N) is 1. The van der Waals surface area contributed by atoms with Crippen LogP contribution in [0.3, 0.4) is 0 Å². The summed E-state index contributed by atoms with van der Waals surface area (Å²) in [6, 6.07) is 3.09. The van der Waals surface area contributed by atoms with Crippen LogP contribution in [0.1, 0.15) is 12.7 Å². The first-order chi connectivity index (χ1) is 5.70. The van der Waals surface area contributed by atoms with Crippen LogP contribution in [-0.2, 0) is 11.3 Å². The molecule has 4 nitrogen and oxygen atoms in total. The molecule has 0 aliphatic carbocycles. The third-order valence-corrected chi connectivity index (χ3v) is 1.43. The molecule has 0 saturated carbocycles. The van der Waals surface area contributed by atoms with Crippen LogP contribution in [0.15, 0.2) is 22.8 Å². The Labute approximate surface area is 82.9 Å². The van der Waals surface area contributed by atoms with Crippen molar-refractivity contribution in [3.05, 3.63) is 24.2 Å². The van der Waals surface area contributed by atoms with Crippen molar-refractivity contribution in [3.8, 4) is 0 Å². The van der Waals surface area contributed by atoms with E-state index in [4.69, 9.17) is 10.2 Å². The maximum absolute atomic E-state index is 11.0. The number of nitrogens with one attached hydrogen (secondary N) is 1. The van der Waals surface area contributed by atoms with E-state index in [9.17, 15) is 4.79 Å². The van der Waals surface area contributed by atoms with Crippen LogP contribution < -0.4 is 11.1 Å². The summed E-state index contributed by atoms with van der Waals surface area (Å²) in [5, 5.41) is 2.63. The Hall–Kier alpha value is -1.00. The van der Waals surface area contributed by atoms with E-state index in [1.54, 1.807) is 25.3 Å². The number of amides is 1. The molecule has 0 aromatic carbocycles. The van der Waals surface area contributed by atoms with Crippen molar-refractivity contribution in [2.45, 2.75) is 19.5 Å². The van der Waals surface area contributed by atoms with E-state index < -0.39 is 6.04 Å². The molecule has 1 aromatic heterocycles. The van der Waals surface area contributed by atoms with Crippen molar-refractivity contribution < 1.29 is 9.21 Å². The van der Waals surface area contributed by atoms with Crippen LogP contribution in [0.2, 0.25) is 0 Å². The van der Waals surface area contributed by atoms with E-state index >= 15 is 0 Å². The summed E-state index contributed by atoms with van der Waals surface area (Å²) in [6.07, 6.45) is 1.56. The number of halogens is 1. The molecule has 1 atom stereocenters. The Balaban J connectivity index is 0.00000144. The third-order valence-electron chi connectivity index (χ3n) is 1.43. The fourth-order valence-electron chi connectivity index (χ4n) is 0.748. The minimum atomic E-state index is -0.472. The zero-order valence-electron chi connectivity index (χ0n) is 7.32. The molecule has 0 saturated heterocycles. The molecule has 0 aliphatic heterocycles. The number of furan rings is 1. The van der Waals surface area contributed by atoms with Gasteiger partial charge in [0.15, 0.2) is 0 Å². The minimum Gasteiger partial charge on any atom is -0.467 e. The largest absolute Gasteiger partial charge is 0.467 e. The molecule has 0 bridgehead atoms. The first-order valence-electron chi connectivity index (χ1n) is 3.76. The van der Waals surface area contributed by atoms with E-state index in [-0.39, 0.29) is 18.3 Å². The molecular formula is C8H13ClN2O2. The van der Waals surface area contributed by atoms with E-state index in [1.807, 2.05) is 0 Å². The molecule has 0 spiro atoms. The van der Waals surface area contributed by atoms with Gasteiger partial charge in [0, 0.05) is 0 Å². The van der Waals surface area contributed by atoms with Gasteiger partial charge in [-0.05, 0) is 19.1 Å². The molecule has 1 heterocycles. The lowest BCUT2D eigenvalue weighted by Crippen LogP contribution is -2.37. The molecule has 0 unspecified atom stereocenters. The average molecular weight is 205 g/mol. The van der Waals surface area contributed by atoms with Crippen molar-refractivity contribution in [1.29, 1.82) is 0 Å². The zero-order valence-corrected chi connectivity index (χ0v) is 8.14. The average Bonchev–Trinajstić information content (AvgIpc) is 2.51. The van der Waals surface area contributed by atoms with Gasteiger partial charge in [-0.3, -0.25) is 4.79 Å². The Bertz CT molecular complexity index is 247. The van der Waals surface area contributed by atoms with Gasteiger partial charge in [0.1, 0.15) is 5.76 Å². The fraction of sp³-hybridized carbons (Fsp3) is 0.375. The number of carbonyl (C=O) groups is 1. The van der Waals surface area contributed by atoms with E-state index in [0.29, 0.717) is 6.54 Å². The summed E-state index contributed by atoms with van der Waals surface area (Å²) in [5.74, 6) is 0.551. The summed E-state index contributed by atoms with van der Waals surface area (Å²) < 4.78 is 5.01. The monoisotopic (exact) mass is 204 g/mol. The number of hydrogen-bond donors (Lipinski definition) is 2. The van der Waals surface area contributed by atoms with Crippen LogP contribution in [0.25, 0.3) is 0 Å². The number of carbonyl (C=O) groups excluding carboxylic acids is 1. The third kappa shape index (κ3) is 3.96. The van der Waals surface area contributed by atoms with Gasteiger partial charge >= 0.3 is 0 Å². The molecule has 5 heteroatoms. The Kier molecular flexibility index (Phi) is 5.18. The van der Waals surface area contributed by atoms with E-state index in [1.165, 1.54) is 0 Å². The highest BCUT2D eigenvalue weighted by atomic mass is 35.5. The van der Waals surface area contributed by atoms with Crippen LogP contribution in [0.4, 0.5) is 0 Å². The molecule has 13 heavy (non-hydrogen) atoms. The van der Waals surface area contributed by atoms with Crippen molar-refractivity contribution in [1.82, 2.24) is 5.32 Å². The molecule has 3 N–H and O–H groups in total. The van der Waals surface area contributed by atoms with Gasteiger partial charge in [0.2, 0.25) is 5.91 Å². The van der Waals surface area contributed by atoms with Crippen LogP contribution in [0, 0.1) is 0 Å². The predicted molar refractivity (Wildman–Crippen MR) is 51.5 cm³/mol. The van der Waals surface area contributed by atoms with Gasteiger partial charge in [0.25, 0.3) is 0 Å². The summed E-state index contributed by atoms with van der Waals surface area (Å²) in [6.45, 7) is 2.03. The fourth-order valence-corrected chi connectivity index (χ4v) is 0.748. The Morgan fingerprint density at radius 3 is 2.92 bits per heavy atom. The van der Waals surface area contributed by atoms with Gasteiger partial charge in [0.05, 0.1) is 18.8 Å². The molecular weight excluding hydrogens is 192 g/mol. The molecule has 1 aromatic rings. The summed E-state index contributed by atoms with van der Waals surface area (Å²) in [7, 11) is 0. The smallest absolute Gasteiger partial charge is 0.237 e. The minimum absolute atomic E-state index is 0. The van der Waals surface area contributed by atoms with Gasteiger partial charge < -0.3 is 15.5 Å². The highest BCUT2D eigenvalue weighted by Crippen LogP contribution is 1.98. The maximum Gasteiger partial charge on any atom is 0.237 e. The lowest BCUT2D eigenvalue weighted by molar-refractivity contribution is -0.122. The number of hydrogen-bond acceptors (Lipinski definition) is 3. The van der Waals surface area contributed by atoms with Gasteiger partial charge in [-0.25, -0.2) is 0 Å². The zero-order chi connectivity index (χ0) is 8.97. The highest BCUT2D eigenvalue weighted by molar-refractivity contribution is 5.85. The second-order valence-electron chi connectivity index (χ2n) is 2.59. The summed E-state index contributed by atoms with van der Waals surface area (Å²) >= 11 is 0. The maximum atomic E-state index is 11.0. The highest BCUT2D eigenvalue weighted by Gasteiger charge is 2.06. The first-order valence-corrected chi connectivity index (χ1v) is 3.76. The van der Waals surface area contributed by atoms with Crippen LogP contribution in [-0.4, -0.2) is 11.9 Å². The van der Waals surface area contributed by atoms with Crippen molar-refractivity contribution in [3.63, 3.8) is 0 Å². The second-order valence-corrected chi connectivity index (χ2v) is 2.59. The molecule has 1 rings (SSSR count). The van der Waals surface area contributed by atoms with Crippen LogP contribution in [0.5, 0.6) is 0 Å².